The highest BCUT2D eigenvalue weighted by Gasteiger charge is 2.32. The second-order valence-electron chi connectivity index (χ2n) is 21.6. The molecule has 18 nitrogen and oxygen atoms in total. The normalized spacial score (nSPS) is 12.2. The van der Waals surface area contributed by atoms with Crippen molar-refractivity contribution in [3.8, 4) is 54.3 Å². The van der Waals surface area contributed by atoms with Crippen LogP contribution in [0.25, 0.3) is 0 Å². The van der Waals surface area contributed by atoms with E-state index in [0.29, 0.717) is 51.0 Å². The molecule has 0 aliphatic heterocycles. The van der Waals surface area contributed by atoms with E-state index >= 15 is 0 Å². The Morgan fingerprint density at radius 1 is 0.347 bits per heavy atom. The molecule has 0 fully saturated rings. The first-order chi connectivity index (χ1) is 46.0. The molecule has 0 aliphatic carbocycles. The lowest BCUT2D eigenvalue weighted by Crippen LogP contribution is -2.27. The summed E-state index contributed by atoms with van der Waals surface area (Å²) >= 11 is 0. The van der Waals surface area contributed by atoms with Gasteiger partial charge in [0.2, 0.25) is 0 Å². The number of carbonyl (C=O) groups excluding carboxylic acids is 6. The van der Waals surface area contributed by atoms with E-state index in [-0.39, 0.29) is 53.2 Å². The Kier molecular flexibility index (Phi) is 22.7. The maximum absolute atomic E-state index is 13.3. The monoisotopic (exact) mass is 1270 g/mol. The topological polar surface area (TPSA) is 255 Å². The Morgan fingerprint density at radius 3 is 0.811 bits per heavy atom. The van der Waals surface area contributed by atoms with E-state index in [1.165, 1.54) is 36.4 Å². The standard InChI is InChI=1S/C77H63N3O15/c1-5-50-20-32-56(33-21-50)78-71(84)65-14-8-11-17-68(65)74(87)93-47-59(81)44-90-62-38-26-53(27-39-62)77(4,54-28-40-63(41-29-54)91-45-60(82)48-94-75(88)69-18-12-9-15-66(69)72(85)79-57-34-22-51(6-2)23-35-57)55-30-42-64(43-31-55)92-46-61(83)49-95-76(89)70-19-13-10-16-67(70)73(86)80-58-36-24-52(7-3)25-37-58/h1-3,8-43,59-61,81-83H,44-49H2,4H3,(H,78,84)(H,79,85)(H,80,86). The maximum Gasteiger partial charge on any atom is 0.339 e. The Labute approximate surface area is 548 Å². The van der Waals surface area contributed by atoms with E-state index in [1.807, 2.05) is 43.3 Å². The molecule has 3 unspecified atom stereocenters. The first kappa shape index (κ1) is 67.2. The van der Waals surface area contributed by atoms with Crippen LogP contribution in [0.15, 0.2) is 218 Å². The molecule has 95 heavy (non-hydrogen) atoms. The number of amides is 3. The van der Waals surface area contributed by atoms with E-state index < -0.39 is 79.2 Å². The third-order valence-electron chi connectivity index (χ3n) is 14.9. The van der Waals surface area contributed by atoms with Crippen LogP contribution in [0.5, 0.6) is 17.2 Å². The van der Waals surface area contributed by atoms with Crippen LogP contribution in [0.2, 0.25) is 0 Å². The second-order valence-corrected chi connectivity index (χ2v) is 21.6. The van der Waals surface area contributed by atoms with Crippen molar-refractivity contribution < 1.29 is 72.5 Å². The van der Waals surface area contributed by atoms with Gasteiger partial charge in [-0.15, -0.1) is 19.3 Å². The maximum atomic E-state index is 13.3. The highest BCUT2D eigenvalue weighted by Crippen LogP contribution is 2.41. The average Bonchev–Trinajstić information content (AvgIpc) is 0.769. The number of terminal acetylenes is 3. The van der Waals surface area contributed by atoms with Crippen molar-refractivity contribution in [1.82, 2.24) is 0 Å². The van der Waals surface area contributed by atoms with Gasteiger partial charge < -0.3 is 59.7 Å². The van der Waals surface area contributed by atoms with E-state index in [4.69, 9.17) is 47.7 Å². The van der Waals surface area contributed by atoms with Crippen LogP contribution in [0, 0.1) is 37.0 Å². The molecule has 0 bridgehead atoms. The second kappa shape index (κ2) is 32.2. The van der Waals surface area contributed by atoms with Gasteiger partial charge in [-0.3, -0.25) is 14.4 Å². The number of rotatable bonds is 27. The van der Waals surface area contributed by atoms with Crippen LogP contribution in [0.1, 0.15) is 102 Å². The van der Waals surface area contributed by atoms with Crippen molar-refractivity contribution in [3.63, 3.8) is 0 Å². The third-order valence-corrected chi connectivity index (χ3v) is 14.9. The summed E-state index contributed by atoms with van der Waals surface area (Å²) in [6, 6.07) is 59.7. The van der Waals surface area contributed by atoms with Gasteiger partial charge in [0.15, 0.2) is 0 Å². The molecule has 0 spiro atoms. The summed E-state index contributed by atoms with van der Waals surface area (Å²) < 4.78 is 34.1. The zero-order valence-corrected chi connectivity index (χ0v) is 51.2. The number of aliphatic hydroxyl groups excluding tert-OH is 3. The van der Waals surface area contributed by atoms with Crippen LogP contribution >= 0.6 is 0 Å². The highest BCUT2D eigenvalue weighted by atomic mass is 16.6. The number of hydrogen-bond acceptors (Lipinski definition) is 15. The Balaban J connectivity index is 0.832. The lowest BCUT2D eigenvalue weighted by atomic mass is 9.71. The fourth-order valence-electron chi connectivity index (χ4n) is 9.75. The summed E-state index contributed by atoms with van der Waals surface area (Å²) in [4.78, 5) is 79.4. The van der Waals surface area contributed by atoms with Gasteiger partial charge in [-0.25, -0.2) is 14.4 Å². The zero-order chi connectivity index (χ0) is 67.3. The molecule has 3 amide bonds. The minimum atomic E-state index is -1.26. The summed E-state index contributed by atoms with van der Waals surface area (Å²) in [5.41, 5.74) is 4.96. The lowest BCUT2D eigenvalue weighted by molar-refractivity contribution is 0.0126. The number of anilines is 3. The molecule has 6 N–H and O–H groups in total. The molecular formula is C77H63N3O15. The number of carbonyl (C=O) groups is 6. The minimum Gasteiger partial charge on any atom is -0.491 e. The number of hydrogen-bond donors (Lipinski definition) is 6. The Morgan fingerprint density at radius 2 is 0.579 bits per heavy atom. The first-order valence-electron chi connectivity index (χ1n) is 29.7. The lowest BCUT2D eigenvalue weighted by Gasteiger charge is -2.32. The van der Waals surface area contributed by atoms with Gasteiger partial charge in [-0.05, 0) is 169 Å². The van der Waals surface area contributed by atoms with Gasteiger partial charge in [-0.1, -0.05) is 90.6 Å². The predicted molar refractivity (Wildman–Crippen MR) is 357 cm³/mol. The first-order valence-corrected chi connectivity index (χ1v) is 29.7. The van der Waals surface area contributed by atoms with Crippen molar-refractivity contribution in [2.75, 3.05) is 55.6 Å². The molecule has 18 heteroatoms. The summed E-state index contributed by atoms with van der Waals surface area (Å²) in [7, 11) is 0. The number of benzene rings is 9. The molecule has 0 radical (unpaired) electrons. The Hall–Kier alpha value is -12.2. The molecule has 0 aliphatic rings. The molecule has 9 aromatic rings. The van der Waals surface area contributed by atoms with Gasteiger partial charge in [0.1, 0.15) is 75.2 Å². The number of esters is 3. The van der Waals surface area contributed by atoms with Crippen LogP contribution in [-0.4, -0.2) is 109 Å². The van der Waals surface area contributed by atoms with Gasteiger partial charge in [0.25, 0.3) is 17.7 Å². The number of nitrogens with one attached hydrogen (secondary N) is 3. The van der Waals surface area contributed by atoms with Crippen LogP contribution in [-0.2, 0) is 19.6 Å². The molecule has 0 saturated heterocycles. The predicted octanol–water partition coefficient (Wildman–Crippen LogP) is 10.5. The van der Waals surface area contributed by atoms with Crippen molar-refractivity contribution in [2.45, 2.75) is 30.7 Å². The fraction of sp³-hybridized carbons (Fsp3) is 0.143. The van der Waals surface area contributed by atoms with Gasteiger partial charge >= 0.3 is 17.9 Å². The summed E-state index contributed by atoms with van der Waals surface area (Å²) in [5.74, 6) is 4.57. The van der Waals surface area contributed by atoms with Crippen LogP contribution in [0.4, 0.5) is 17.1 Å². The SMILES string of the molecule is C#Cc1ccc(NC(=O)c2ccccc2C(=O)OCC(O)COc2ccc(C(C)(c3ccc(OCC(O)COC(=O)c4ccccc4C(=O)Nc4ccc(C#C)cc4)cc3)c3ccc(OCC(O)COC(=O)c4ccccc4C(=O)Nc4ccc(C#C)cc4)cc3)cc2)cc1. The molecule has 0 saturated carbocycles. The molecule has 9 aromatic carbocycles. The molecule has 3 atom stereocenters. The minimum absolute atomic E-state index is 0.00637. The molecule has 0 aromatic heterocycles. The summed E-state index contributed by atoms with van der Waals surface area (Å²) in [6.07, 6.45) is 12.6. The highest BCUT2D eigenvalue weighted by molar-refractivity contribution is 6.13. The number of ether oxygens (including phenoxy) is 6. The van der Waals surface area contributed by atoms with Gasteiger partial charge in [0.05, 0.1) is 33.4 Å². The molecule has 0 heterocycles. The third kappa shape index (κ3) is 17.8. The van der Waals surface area contributed by atoms with Gasteiger partial charge in [0, 0.05) is 39.2 Å². The van der Waals surface area contributed by atoms with Gasteiger partial charge in [-0.2, -0.15) is 0 Å². The smallest absolute Gasteiger partial charge is 0.339 e. The molecular weight excluding hydrogens is 1210 g/mol. The Bertz CT molecular complexity index is 3880. The molecule has 476 valence electrons. The van der Waals surface area contributed by atoms with Crippen molar-refractivity contribution in [3.05, 3.63) is 285 Å². The average molecular weight is 1270 g/mol. The summed E-state index contributed by atoms with van der Waals surface area (Å²) in [6.45, 7) is -0.103. The van der Waals surface area contributed by atoms with Crippen molar-refractivity contribution in [1.29, 1.82) is 0 Å². The number of aliphatic hydroxyl groups is 3. The largest absolute Gasteiger partial charge is 0.491 e. The van der Waals surface area contributed by atoms with E-state index in [1.54, 1.807) is 146 Å². The van der Waals surface area contributed by atoms with Crippen LogP contribution in [0.3, 0.4) is 0 Å². The van der Waals surface area contributed by atoms with E-state index in [9.17, 15) is 44.1 Å². The van der Waals surface area contributed by atoms with E-state index in [0.717, 1.165) is 16.7 Å². The van der Waals surface area contributed by atoms with Crippen LogP contribution < -0.4 is 30.2 Å². The molecule has 9 rings (SSSR count). The summed E-state index contributed by atoms with van der Waals surface area (Å²) in [5, 5.41) is 40.9. The quantitative estimate of drug-likeness (QED) is 0.0121. The van der Waals surface area contributed by atoms with E-state index in [2.05, 4.69) is 33.7 Å². The fourth-order valence-corrected chi connectivity index (χ4v) is 9.75. The van der Waals surface area contributed by atoms with Crippen molar-refractivity contribution >= 4 is 52.7 Å². The zero-order valence-electron chi connectivity index (χ0n) is 51.2. The van der Waals surface area contributed by atoms with Crippen molar-refractivity contribution in [2.24, 2.45) is 0 Å².